The van der Waals surface area contributed by atoms with E-state index < -0.39 is 5.97 Å². The Morgan fingerprint density at radius 1 is 1.29 bits per heavy atom. The molecular weight excluding hydrogens is 270 g/mol. The highest BCUT2D eigenvalue weighted by Crippen LogP contribution is 2.22. The van der Waals surface area contributed by atoms with Crippen LogP contribution in [0, 0.1) is 6.92 Å². The number of nitrogens with zero attached hydrogens (tertiary/aromatic N) is 1. The molecule has 1 heterocycles. The lowest BCUT2D eigenvalue weighted by Crippen LogP contribution is -2.00. The van der Waals surface area contributed by atoms with E-state index in [-0.39, 0.29) is 5.56 Å². The topological polar surface area (TPSA) is 72.6 Å². The second-order valence-corrected chi connectivity index (χ2v) is 4.66. The molecule has 0 amide bonds. The quantitative estimate of drug-likeness (QED) is 0.794. The molecule has 0 aliphatic carbocycles. The van der Waals surface area contributed by atoms with Gasteiger partial charge in [-0.3, -0.25) is 0 Å². The zero-order valence-electron chi connectivity index (χ0n) is 11.4. The van der Waals surface area contributed by atoms with E-state index in [0.29, 0.717) is 23.8 Å². The number of hydrogen-bond donors (Lipinski definition) is 1. The molecule has 0 atom stereocenters. The second kappa shape index (κ2) is 5.28. The first-order valence-corrected chi connectivity index (χ1v) is 6.44. The van der Waals surface area contributed by atoms with Gasteiger partial charge in [-0.25, -0.2) is 9.78 Å². The third-order valence-electron chi connectivity index (χ3n) is 3.05. The monoisotopic (exact) mass is 283 g/mol. The Labute approximate surface area is 120 Å². The van der Waals surface area contributed by atoms with Crippen molar-refractivity contribution >= 4 is 17.1 Å². The summed E-state index contributed by atoms with van der Waals surface area (Å²) in [5.74, 6) is 0.323. The van der Waals surface area contributed by atoms with Crippen molar-refractivity contribution in [2.24, 2.45) is 0 Å². The minimum atomic E-state index is -0.948. The van der Waals surface area contributed by atoms with Gasteiger partial charge in [0.2, 0.25) is 0 Å². The van der Waals surface area contributed by atoms with Crippen LogP contribution in [-0.2, 0) is 6.61 Å². The number of rotatable bonds is 4. The lowest BCUT2D eigenvalue weighted by atomic mass is 10.1. The maximum absolute atomic E-state index is 10.9. The van der Waals surface area contributed by atoms with Gasteiger partial charge in [0.1, 0.15) is 17.9 Å². The molecule has 1 N–H and O–H groups in total. The minimum absolute atomic E-state index is 0.249. The summed E-state index contributed by atoms with van der Waals surface area (Å²) < 4.78 is 11.1. The van der Waals surface area contributed by atoms with Gasteiger partial charge < -0.3 is 14.3 Å². The lowest BCUT2D eigenvalue weighted by Gasteiger charge is -2.06. The van der Waals surface area contributed by atoms with E-state index in [4.69, 9.17) is 14.3 Å². The maximum Gasteiger partial charge on any atom is 0.335 e. The zero-order valence-corrected chi connectivity index (χ0v) is 11.4. The number of aryl methyl sites for hydroxylation is 1. The molecule has 0 saturated heterocycles. The van der Waals surface area contributed by atoms with Gasteiger partial charge in [-0.15, -0.1) is 0 Å². The first kappa shape index (κ1) is 13.2. The summed E-state index contributed by atoms with van der Waals surface area (Å²) in [6.07, 6.45) is 0. The Hall–Kier alpha value is -2.82. The fraction of sp³-hybridized carbons (Fsp3) is 0.125. The molecule has 1 aromatic heterocycles. The Morgan fingerprint density at radius 2 is 2.14 bits per heavy atom. The molecule has 106 valence electrons. The van der Waals surface area contributed by atoms with Crippen LogP contribution in [0.3, 0.4) is 0 Å². The van der Waals surface area contributed by atoms with Gasteiger partial charge in [-0.2, -0.15) is 0 Å². The number of hydrogen-bond acceptors (Lipinski definition) is 4. The van der Waals surface area contributed by atoms with Crippen molar-refractivity contribution in [3.8, 4) is 5.75 Å². The molecule has 0 aliphatic heterocycles. The Balaban J connectivity index is 1.76. The van der Waals surface area contributed by atoms with E-state index >= 15 is 0 Å². The number of ether oxygens (including phenoxy) is 1. The van der Waals surface area contributed by atoms with Crippen molar-refractivity contribution in [1.29, 1.82) is 0 Å². The van der Waals surface area contributed by atoms with Gasteiger partial charge in [0, 0.05) is 13.0 Å². The zero-order chi connectivity index (χ0) is 14.8. The number of fused-ring (bicyclic) bond motifs is 1. The maximum atomic E-state index is 10.9. The van der Waals surface area contributed by atoms with E-state index in [0.717, 1.165) is 11.1 Å². The predicted molar refractivity (Wildman–Crippen MR) is 76.5 cm³/mol. The summed E-state index contributed by atoms with van der Waals surface area (Å²) in [6.45, 7) is 2.08. The van der Waals surface area contributed by atoms with Gasteiger partial charge in [0.25, 0.3) is 0 Å². The van der Waals surface area contributed by atoms with Gasteiger partial charge in [-0.05, 0) is 29.8 Å². The van der Waals surface area contributed by atoms with Crippen LogP contribution in [0.15, 0.2) is 46.9 Å². The predicted octanol–water partition coefficient (Wildman–Crippen LogP) is 3.41. The van der Waals surface area contributed by atoms with Gasteiger partial charge in [-0.1, -0.05) is 12.1 Å². The summed E-state index contributed by atoms with van der Waals surface area (Å²) in [6, 6.07) is 12.1. The van der Waals surface area contributed by atoms with Crippen LogP contribution >= 0.6 is 0 Å². The number of aromatic carboxylic acids is 1. The number of carboxylic acids is 1. The molecule has 0 fully saturated rings. The number of carboxylic acid groups (broad SMARTS) is 1. The van der Waals surface area contributed by atoms with E-state index in [1.807, 2.05) is 6.07 Å². The molecule has 0 aliphatic rings. The van der Waals surface area contributed by atoms with Gasteiger partial charge in [0.15, 0.2) is 11.5 Å². The van der Waals surface area contributed by atoms with Crippen molar-refractivity contribution in [3.63, 3.8) is 0 Å². The first-order valence-electron chi connectivity index (χ1n) is 6.44. The van der Waals surface area contributed by atoms with Crippen molar-refractivity contribution < 1.29 is 19.1 Å². The normalized spacial score (nSPS) is 10.7. The molecule has 5 heteroatoms. The van der Waals surface area contributed by atoms with E-state index in [1.165, 1.54) is 0 Å². The molecule has 21 heavy (non-hydrogen) atoms. The van der Waals surface area contributed by atoms with Crippen molar-refractivity contribution in [2.75, 3.05) is 0 Å². The summed E-state index contributed by atoms with van der Waals surface area (Å²) >= 11 is 0. The third-order valence-corrected chi connectivity index (χ3v) is 3.05. The average Bonchev–Trinajstić information content (AvgIpc) is 2.84. The van der Waals surface area contributed by atoms with Crippen LogP contribution in [0.4, 0.5) is 0 Å². The molecule has 5 nitrogen and oxygen atoms in total. The van der Waals surface area contributed by atoms with Gasteiger partial charge >= 0.3 is 5.97 Å². The fourth-order valence-electron chi connectivity index (χ4n) is 2.07. The Morgan fingerprint density at radius 3 is 2.95 bits per heavy atom. The van der Waals surface area contributed by atoms with Crippen LogP contribution in [0.5, 0.6) is 5.75 Å². The van der Waals surface area contributed by atoms with Crippen LogP contribution in [0.1, 0.15) is 21.8 Å². The van der Waals surface area contributed by atoms with Crippen LogP contribution < -0.4 is 4.74 Å². The summed E-state index contributed by atoms with van der Waals surface area (Å²) in [4.78, 5) is 15.2. The minimum Gasteiger partial charge on any atom is -0.489 e. The second-order valence-electron chi connectivity index (χ2n) is 4.66. The number of oxazole rings is 1. The molecule has 2 aromatic carbocycles. The molecule has 3 rings (SSSR count). The molecular formula is C16H13NO4. The molecule has 0 unspecified atom stereocenters. The average molecular weight is 283 g/mol. The molecule has 0 bridgehead atoms. The highest BCUT2D eigenvalue weighted by atomic mass is 16.5. The molecule has 3 aromatic rings. The van der Waals surface area contributed by atoms with Gasteiger partial charge in [0.05, 0.1) is 5.56 Å². The summed E-state index contributed by atoms with van der Waals surface area (Å²) in [5, 5.41) is 8.96. The number of carbonyl (C=O) groups is 1. The smallest absolute Gasteiger partial charge is 0.335 e. The van der Waals surface area contributed by atoms with Crippen LogP contribution in [-0.4, -0.2) is 16.1 Å². The van der Waals surface area contributed by atoms with Crippen molar-refractivity contribution in [2.45, 2.75) is 13.5 Å². The highest BCUT2D eigenvalue weighted by molar-refractivity contribution is 5.87. The molecule has 0 radical (unpaired) electrons. The van der Waals surface area contributed by atoms with E-state index in [2.05, 4.69) is 4.98 Å². The number of aromatic nitrogens is 1. The highest BCUT2D eigenvalue weighted by Gasteiger charge is 2.06. The van der Waals surface area contributed by atoms with Crippen molar-refractivity contribution in [3.05, 3.63) is 59.5 Å². The lowest BCUT2D eigenvalue weighted by molar-refractivity contribution is 0.0696. The largest absolute Gasteiger partial charge is 0.489 e. The number of benzene rings is 2. The van der Waals surface area contributed by atoms with Crippen LogP contribution in [0.2, 0.25) is 0 Å². The van der Waals surface area contributed by atoms with E-state index in [9.17, 15) is 4.79 Å². The van der Waals surface area contributed by atoms with Crippen LogP contribution in [0.25, 0.3) is 11.1 Å². The Bertz CT molecular complexity index is 807. The van der Waals surface area contributed by atoms with Crippen molar-refractivity contribution in [1.82, 2.24) is 4.98 Å². The first-order chi connectivity index (χ1) is 10.1. The standard InChI is InChI=1S/C16H13NO4/c1-10-17-14-8-13(5-6-15(14)21-10)20-9-11-3-2-4-12(7-11)16(18)19/h2-8H,9H2,1H3,(H,18,19). The summed E-state index contributed by atoms with van der Waals surface area (Å²) in [7, 11) is 0. The molecule has 0 saturated carbocycles. The SMILES string of the molecule is Cc1nc2cc(OCc3cccc(C(=O)O)c3)ccc2o1. The summed E-state index contributed by atoms with van der Waals surface area (Å²) in [5.41, 5.74) is 2.50. The van der Waals surface area contributed by atoms with E-state index in [1.54, 1.807) is 43.3 Å². The Kier molecular flexibility index (Phi) is 3.31. The third kappa shape index (κ3) is 2.86. The molecule has 0 spiro atoms. The fourth-order valence-corrected chi connectivity index (χ4v) is 2.07.